The fraction of sp³-hybridized carbons (Fsp3) is 0.333. The normalized spacial score (nSPS) is 17.7. The van der Waals surface area contributed by atoms with Gasteiger partial charge in [-0.3, -0.25) is 9.59 Å². The second-order valence-electron chi connectivity index (χ2n) is 18.2. The molecule has 16 heteroatoms. The Morgan fingerprint density at radius 2 is 1.13 bits per heavy atom. The van der Waals surface area contributed by atoms with Crippen molar-refractivity contribution in [2.45, 2.75) is 76.7 Å². The number of amides is 2. The van der Waals surface area contributed by atoms with Crippen molar-refractivity contribution in [1.82, 2.24) is 19.8 Å². The van der Waals surface area contributed by atoms with E-state index in [0.29, 0.717) is 34.3 Å². The van der Waals surface area contributed by atoms with Gasteiger partial charge in [-0.1, -0.05) is 24.3 Å². The number of likely N-dealkylation sites (tertiary alicyclic amines) is 2. The molecule has 2 amide bonds. The van der Waals surface area contributed by atoms with Gasteiger partial charge < -0.3 is 49.5 Å². The Morgan fingerprint density at radius 1 is 0.629 bits per heavy atom. The molecule has 9 rings (SSSR count). The van der Waals surface area contributed by atoms with E-state index in [1.165, 1.54) is 0 Å². The molecule has 3 fully saturated rings. The molecule has 5 heterocycles. The second-order valence-corrected chi connectivity index (χ2v) is 19.1. The SMILES string of the molecule is CC1(C)OB(c2ccnc(N)c2)OC1(C)C.COc1cccc(C2CCCN2C(=O)c2ccc(-c3ccnc(N)c3)c(OC)c2)c1.COc1cccc(C2CCCN2C(=O)c2ccc(Br)c(OC)c2)c1. The Morgan fingerprint density at radius 3 is 1.63 bits per heavy atom. The first-order valence-electron chi connectivity index (χ1n) is 23.3. The maximum absolute atomic E-state index is 13.4. The largest absolute Gasteiger partial charge is 0.497 e. The van der Waals surface area contributed by atoms with E-state index in [1.807, 2.05) is 110 Å². The Balaban J connectivity index is 0.000000162. The molecule has 4 N–H and O–H groups in total. The monoisotopic (exact) mass is 1010 g/mol. The maximum atomic E-state index is 13.4. The van der Waals surface area contributed by atoms with E-state index < -0.39 is 0 Å². The first kappa shape index (κ1) is 51.2. The molecular weight excluding hydrogens is 951 g/mol. The topological polar surface area (TPSA) is 174 Å². The molecule has 0 radical (unpaired) electrons. The van der Waals surface area contributed by atoms with E-state index in [1.54, 1.807) is 65.1 Å². The van der Waals surface area contributed by atoms with Gasteiger partial charge in [0, 0.05) is 42.2 Å². The number of benzene rings is 4. The summed E-state index contributed by atoms with van der Waals surface area (Å²) >= 11 is 3.42. The Hall–Kier alpha value is -6.62. The van der Waals surface area contributed by atoms with Crippen molar-refractivity contribution in [3.8, 4) is 34.1 Å². The molecule has 4 aromatic carbocycles. The van der Waals surface area contributed by atoms with Crippen LogP contribution in [0.15, 0.2) is 126 Å². The van der Waals surface area contributed by atoms with E-state index in [9.17, 15) is 9.59 Å². The Bertz CT molecular complexity index is 2780. The minimum absolute atomic E-state index is 0.000544. The van der Waals surface area contributed by atoms with Crippen molar-refractivity contribution in [1.29, 1.82) is 0 Å². The molecule has 3 aliphatic rings. The van der Waals surface area contributed by atoms with Gasteiger partial charge in [0.1, 0.15) is 34.6 Å². The Kier molecular flexibility index (Phi) is 16.4. The molecule has 0 bridgehead atoms. The molecule has 0 aliphatic carbocycles. The van der Waals surface area contributed by atoms with Gasteiger partial charge in [0.2, 0.25) is 0 Å². The second kappa shape index (κ2) is 22.4. The number of halogens is 1. The zero-order valence-corrected chi connectivity index (χ0v) is 42.7. The van der Waals surface area contributed by atoms with Gasteiger partial charge in [-0.25, -0.2) is 9.97 Å². The molecule has 6 aromatic rings. The van der Waals surface area contributed by atoms with Crippen LogP contribution in [0.4, 0.5) is 11.6 Å². The lowest BCUT2D eigenvalue weighted by molar-refractivity contribution is 0.00578. The van der Waals surface area contributed by atoms with Gasteiger partial charge in [-0.2, -0.15) is 0 Å². The summed E-state index contributed by atoms with van der Waals surface area (Å²) in [6.45, 7) is 9.59. The summed E-state index contributed by atoms with van der Waals surface area (Å²) in [6.07, 6.45) is 7.19. The van der Waals surface area contributed by atoms with Crippen LogP contribution < -0.4 is 35.9 Å². The zero-order chi connectivity index (χ0) is 50.2. The number of pyridine rings is 2. The summed E-state index contributed by atoms with van der Waals surface area (Å²) < 4.78 is 34.2. The number of carbonyl (C=O) groups is 2. The molecule has 2 aromatic heterocycles. The number of carbonyl (C=O) groups excluding carboxylic acids is 2. The molecule has 3 saturated heterocycles. The zero-order valence-electron chi connectivity index (χ0n) is 41.1. The van der Waals surface area contributed by atoms with Crippen molar-refractivity contribution in [2.75, 3.05) is 53.0 Å². The average molecular weight is 1010 g/mol. The van der Waals surface area contributed by atoms with E-state index in [4.69, 9.17) is 39.7 Å². The molecule has 70 heavy (non-hydrogen) atoms. The van der Waals surface area contributed by atoms with Gasteiger partial charge >= 0.3 is 7.12 Å². The highest BCUT2D eigenvalue weighted by Crippen LogP contribution is 2.39. The highest BCUT2D eigenvalue weighted by molar-refractivity contribution is 9.10. The van der Waals surface area contributed by atoms with Crippen LogP contribution >= 0.6 is 15.9 Å². The fourth-order valence-corrected chi connectivity index (χ4v) is 9.21. The molecule has 3 aliphatic heterocycles. The number of hydrogen-bond donors (Lipinski definition) is 2. The third kappa shape index (κ3) is 11.7. The fourth-order valence-electron chi connectivity index (χ4n) is 8.80. The lowest BCUT2D eigenvalue weighted by atomic mass is 9.80. The van der Waals surface area contributed by atoms with Crippen molar-refractivity contribution < 1.29 is 37.8 Å². The quantitative estimate of drug-likeness (QED) is 0.125. The van der Waals surface area contributed by atoms with Crippen LogP contribution in [-0.2, 0) is 9.31 Å². The van der Waals surface area contributed by atoms with E-state index in [-0.39, 0.29) is 42.2 Å². The lowest BCUT2D eigenvalue weighted by Gasteiger charge is -2.32. The molecule has 14 nitrogen and oxygen atoms in total. The van der Waals surface area contributed by atoms with E-state index in [0.717, 1.165) is 82.5 Å². The minimum Gasteiger partial charge on any atom is -0.497 e. The van der Waals surface area contributed by atoms with Crippen LogP contribution in [0.3, 0.4) is 0 Å². The van der Waals surface area contributed by atoms with Crippen LogP contribution in [0, 0.1) is 0 Å². The third-order valence-corrected chi connectivity index (χ3v) is 13.9. The summed E-state index contributed by atoms with van der Waals surface area (Å²) in [5.41, 5.74) is 16.9. The van der Waals surface area contributed by atoms with Gasteiger partial charge in [-0.05, 0) is 176 Å². The highest BCUT2D eigenvalue weighted by Gasteiger charge is 2.51. The maximum Gasteiger partial charge on any atom is 0.495 e. The summed E-state index contributed by atoms with van der Waals surface area (Å²) in [5.74, 6) is 3.86. The van der Waals surface area contributed by atoms with Crippen molar-refractivity contribution in [3.63, 3.8) is 0 Å². The van der Waals surface area contributed by atoms with E-state index in [2.05, 4.69) is 38.0 Å². The van der Waals surface area contributed by atoms with Crippen LogP contribution in [0.2, 0.25) is 0 Å². The van der Waals surface area contributed by atoms with Crippen molar-refractivity contribution >= 4 is 52.0 Å². The smallest absolute Gasteiger partial charge is 0.495 e. The summed E-state index contributed by atoms with van der Waals surface area (Å²) in [7, 11) is 6.15. The highest BCUT2D eigenvalue weighted by atomic mass is 79.9. The predicted octanol–water partition coefficient (Wildman–Crippen LogP) is 9.73. The Labute approximate surface area is 419 Å². The van der Waals surface area contributed by atoms with Gasteiger partial charge in [0.25, 0.3) is 11.8 Å². The standard InChI is InChI=1S/C24H25N3O3.C19H20BrNO3.C11H17BN2O2/c1-29-19-6-3-5-17(13-19)21-7-4-12-27(21)24(28)18-8-9-20(22(14-18)30-2)16-10-11-26-23(25)15-16;1-23-15-6-3-5-13(11-15)17-7-4-10-21(17)19(22)14-8-9-16(20)18(12-14)24-2;1-10(2)11(3,4)16-12(15-10)8-5-6-14-9(13)7-8/h3,5-6,8-11,13-15,21H,4,7,12H2,1-2H3,(H2,25,26);3,5-6,8-9,11-12,17H,4,7,10H2,1-2H3;5-7H,1-4H3,(H2,13,14). The summed E-state index contributed by atoms with van der Waals surface area (Å²) in [4.78, 5) is 38.2. The third-order valence-electron chi connectivity index (χ3n) is 13.3. The molecular formula is C54H62BBrN6O8. The average Bonchev–Trinajstić information content (AvgIpc) is 4.12. The number of nitrogens with zero attached hydrogens (tertiary/aromatic N) is 4. The number of rotatable bonds is 10. The number of methoxy groups -OCH3 is 4. The lowest BCUT2D eigenvalue weighted by Crippen LogP contribution is -2.41. The van der Waals surface area contributed by atoms with Crippen LogP contribution in [-0.4, -0.2) is 91.4 Å². The molecule has 2 atom stereocenters. The number of aromatic nitrogens is 2. The van der Waals surface area contributed by atoms with Crippen molar-refractivity contribution in [3.05, 3.63) is 148 Å². The molecule has 2 unspecified atom stereocenters. The number of ether oxygens (including phenoxy) is 4. The molecule has 366 valence electrons. The van der Waals surface area contributed by atoms with Crippen LogP contribution in [0.5, 0.6) is 23.0 Å². The van der Waals surface area contributed by atoms with E-state index >= 15 is 0 Å². The summed E-state index contributed by atoms with van der Waals surface area (Å²) in [6, 6.07) is 34.3. The van der Waals surface area contributed by atoms with Gasteiger partial charge in [-0.15, -0.1) is 0 Å². The van der Waals surface area contributed by atoms with Crippen LogP contribution in [0.1, 0.15) is 97.3 Å². The number of anilines is 2. The predicted molar refractivity (Wildman–Crippen MR) is 278 cm³/mol. The first-order valence-corrected chi connectivity index (χ1v) is 24.1. The molecule has 0 spiro atoms. The number of nitrogen functional groups attached to an aromatic ring is 2. The van der Waals surface area contributed by atoms with Gasteiger partial charge in [0.05, 0.1) is 56.2 Å². The number of hydrogen-bond acceptors (Lipinski definition) is 12. The van der Waals surface area contributed by atoms with Crippen molar-refractivity contribution in [2.24, 2.45) is 0 Å². The van der Waals surface area contributed by atoms with Gasteiger partial charge in [0.15, 0.2) is 0 Å². The summed E-state index contributed by atoms with van der Waals surface area (Å²) in [5, 5.41) is 0. The van der Waals surface area contributed by atoms with Crippen LogP contribution in [0.25, 0.3) is 11.1 Å². The molecule has 0 saturated carbocycles. The number of nitrogens with two attached hydrogens (primary N) is 2. The first-order chi connectivity index (χ1) is 33.6. The minimum atomic E-state index is -0.365.